The molecule has 0 fully saturated rings. The molecule has 124 valence electrons. The fourth-order valence-corrected chi connectivity index (χ4v) is 3.08. The predicted octanol–water partition coefficient (Wildman–Crippen LogP) is 5.15. The Morgan fingerprint density at radius 3 is 2.88 bits per heavy atom. The van der Waals surface area contributed by atoms with Gasteiger partial charge in [-0.15, -0.1) is 10.2 Å². The van der Waals surface area contributed by atoms with Gasteiger partial charge in [0.05, 0.1) is 0 Å². The number of halogens is 2. The summed E-state index contributed by atoms with van der Waals surface area (Å²) in [5.74, 6) is 1.29. The minimum Gasteiger partial charge on any atom is -0.484 e. The topological polar surface area (TPSA) is 48.2 Å². The van der Waals surface area contributed by atoms with Gasteiger partial charge in [-0.1, -0.05) is 45.9 Å². The van der Waals surface area contributed by atoms with E-state index in [0.717, 1.165) is 11.3 Å². The van der Waals surface area contributed by atoms with Crippen molar-refractivity contribution in [3.05, 3.63) is 69.8 Å². The van der Waals surface area contributed by atoms with Crippen LogP contribution in [0.1, 0.15) is 17.0 Å². The lowest BCUT2D eigenvalue weighted by atomic mass is 10.2. The number of hydrogen-bond acceptors (Lipinski definition) is 5. The molecule has 3 aromatic rings. The van der Waals surface area contributed by atoms with Gasteiger partial charge >= 0.3 is 0 Å². The zero-order chi connectivity index (χ0) is 16.9. The van der Waals surface area contributed by atoms with Crippen molar-refractivity contribution >= 4 is 27.7 Å². The van der Waals surface area contributed by atoms with Gasteiger partial charge in [-0.2, -0.15) is 0 Å². The fraction of sp³-hybridized carbons (Fsp3) is 0.176. The maximum absolute atomic E-state index is 13.8. The van der Waals surface area contributed by atoms with Gasteiger partial charge in [0.15, 0.2) is 6.61 Å². The molecule has 4 nitrogen and oxygen atoms in total. The molecule has 0 spiro atoms. The summed E-state index contributed by atoms with van der Waals surface area (Å²) in [5, 5.41) is 8.27. The van der Waals surface area contributed by atoms with E-state index < -0.39 is 0 Å². The second kappa shape index (κ2) is 7.81. The van der Waals surface area contributed by atoms with Gasteiger partial charge in [0.1, 0.15) is 11.6 Å². The van der Waals surface area contributed by atoms with Gasteiger partial charge in [-0.25, -0.2) is 4.39 Å². The van der Waals surface area contributed by atoms with Crippen molar-refractivity contribution in [1.82, 2.24) is 10.2 Å². The van der Waals surface area contributed by atoms with Crippen molar-refractivity contribution in [3.63, 3.8) is 0 Å². The summed E-state index contributed by atoms with van der Waals surface area (Å²) in [5.41, 5.74) is 1.70. The summed E-state index contributed by atoms with van der Waals surface area (Å²) in [7, 11) is 0. The average molecular weight is 409 g/mol. The van der Waals surface area contributed by atoms with E-state index in [1.807, 2.05) is 31.2 Å². The fourth-order valence-electron chi connectivity index (χ4n) is 1.98. The Labute approximate surface area is 151 Å². The maximum Gasteiger partial charge on any atom is 0.277 e. The number of ether oxygens (including phenoxy) is 1. The highest BCUT2D eigenvalue weighted by molar-refractivity contribution is 9.10. The van der Waals surface area contributed by atoms with E-state index in [-0.39, 0.29) is 12.4 Å². The molecular formula is C17H14BrFN2O2S. The third-order valence-electron chi connectivity index (χ3n) is 3.17. The highest BCUT2D eigenvalue weighted by atomic mass is 79.9. The lowest BCUT2D eigenvalue weighted by Crippen LogP contribution is -1.95. The second-order valence-corrected chi connectivity index (χ2v) is 6.93. The molecule has 1 aromatic heterocycles. The summed E-state index contributed by atoms with van der Waals surface area (Å²) in [6.45, 7) is 2.19. The van der Waals surface area contributed by atoms with Crippen LogP contribution in [0.5, 0.6) is 5.75 Å². The van der Waals surface area contributed by atoms with Crippen LogP contribution in [0.2, 0.25) is 0 Å². The van der Waals surface area contributed by atoms with Crippen molar-refractivity contribution in [2.45, 2.75) is 24.5 Å². The number of thioether (sulfide) groups is 1. The molecule has 0 atom stereocenters. The van der Waals surface area contributed by atoms with Gasteiger partial charge in [0.2, 0.25) is 0 Å². The first-order valence-electron chi connectivity index (χ1n) is 7.19. The molecular weight excluding hydrogens is 395 g/mol. The standard InChI is InChI=1S/C17H14BrFN2O2S/c1-11-3-2-4-14(7-11)22-9-16-20-21-17(23-16)24-10-12-5-6-13(18)8-15(12)19/h2-8H,9-10H2,1H3. The van der Waals surface area contributed by atoms with Crippen molar-refractivity contribution < 1.29 is 13.5 Å². The van der Waals surface area contributed by atoms with Crippen LogP contribution < -0.4 is 4.74 Å². The van der Waals surface area contributed by atoms with Crippen LogP contribution in [0.15, 0.2) is 56.6 Å². The van der Waals surface area contributed by atoms with E-state index in [0.29, 0.717) is 26.9 Å². The Balaban J connectivity index is 1.55. The summed E-state index contributed by atoms with van der Waals surface area (Å²) < 4.78 is 25.6. The molecule has 0 saturated carbocycles. The van der Waals surface area contributed by atoms with Crippen LogP contribution >= 0.6 is 27.7 Å². The largest absolute Gasteiger partial charge is 0.484 e. The number of aromatic nitrogens is 2. The van der Waals surface area contributed by atoms with E-state index in [1.54, 1.807) is 12.1 Å². The van der Waals surface area contributed by atoms with Crippen molar-refractivity contribution in [1.29, 1.82) is 0 Å². The lowest BCUT2D eigenvalue weighted by Gasteiger charge is -2.03. The third kappa shape index (κ3) is 4.58. The summed E-state index contributed by atoms with van der Waals surface area (Å²) in [6.07, 6.45) is 0. The Bertz CT molecular complexity index is 841. The smallest absolute Gasteiger partial charge is 0.277 e. The normalized spacial score (nSPS) is 10.8. The first-order chi connectivity index (χ1) is 11.6. The first-order valence-corrected chi connectivity index (χ1v) is 8.96. The molecule has 0 unspecified atom stereocenters. The molecule has 0 radical (unpaired) electrons. The predicted molar refractivity (Wildman–Crippen MR) is 93.5 cm³/mol. The molecule has 3 rings (SSSR count). The SMILES string of the molecule is Cc1cccc(OCc2nnc(SCc3ccc(Br)cc3F)o2)c1. The monoisotopic (exact) mass is 408 g/mol. The van der Waals surface area contributed by atoms with E-state index >= 15 is 0 Å². The van der Waals surface area contributed by atoms with Gasteiger partial charge < -0.3 is 9.15 Å². The van der Waals surface area contributed by atoms with Gasteiger partial charge in [-0.3, -0.25) is 0 Å². The first kappa shape index (κ1) is 17.0. The second-order valence-electron chi connectivity index (χ2n) is 5.09. The molecule has 0 amide bonds. The molecule has 2 aromatic carbocycles. The zero-order valence-corrected chi connectivity index (χ0v) is 15.2. The van der Waals surface area contributed by atoms with Crippen LogP contribution in [0.3, 0.4) is 0 Å². The minimum absolute atomic E-state index is 0.198. The molecule has 7 heteroatoms. The van der Waals surface area contributed by atoms with Crippen LogP contribution in [-0.4, -0.2) is 10.2 Å². The van der Waals surface area contributed by atoms with E-state index in [2.05, 4.69) is 26.1 Å². The van der Waals surface area contributed by atoms with Crippen molar-refractivity contribution in [2.24, 2.45) is 0 Å². The molecule has 24 heavy (non-hydrogen) atoms. The average Bonchev–Trinajstić information content (AvgIpc) is 3.00. The highest BCUT2D eigenvalue weighted by Gasteiger charge is 2.10. The number of hydrogen-bond donors (Lipinski definition) is 0. The van der Waals surface area contributed by atoms with E-state index in [4.69, 9.17) is 9.15 Å². The molecule has 0 N–H and O–H groups in total. The molecule has 0 aliphatic rings. The molecule has 0 aliphatic carbocycles. The van der Waals surface area contributed by atoms with Crippen molar-refractivity contribution in [3.8, 4) is 5.75 Å². The lowest BCUT2D eigenvalue weighted by molar-refractivity contribution is 0.252. The summed E-state index contributed by atoms with van der Waals surface area (Å²) >= 11 is 4.52. The van der Waals surface area contributed by atoms with Gasteiger partial charge in [-0.05, 0) is 42.3 Å². The zero-order valence-electron chi connectivity index (χ0n) is 12.8. The third-order valence-corrected chi connectivity index (χ3v) is 4.53. The Morgan fingerprint density at radius 1 is 1.21 bits per heavy atom. The Kier molecular flexibility index (Phi) is 5.52. The molecule has 1 heterocycles. The Hall–Kier alpha value is -1.86. The number of rotatable bonds is 6. The van der Waals surface area contributed by atoms with Crippen molar-refractivity contribution in [2.75, 3.05) is 0 Å². The van der Waals surface area contributed by atoms with Crippen LogP contribution in [0, 0.1) is 12.7 Å². The molecule has 0 saturated heterocycles. The van der Waals surface area contributed by atoms with Crippen LogP contribution in [0.4, 0.5) is 4.39 Å². The highest BCUT2D eigenvalue weighted by Crippen LogP contribution is 2.25. The quantitative estimate of drug-likeness (QED) is 0.527. The van der Waals surface area contributed by atoms with E-state index in [1.165, 1.54) is 17.8 Å². The maximum atomic E-state index is 13.8. The van der Waals surface area contributed by atoms with Gasteiger partial charge in [0, 0.05) is 10.2 Å². The number of nitrogens with zero attached hydrogens (tertiary/aromatic N) is 2. The summed E-state index contributed by atoms with van der Waals surface area (Å²) in [4.78, 5) is 0. The molecule has 0 aliphatic heterocycles. The van der Waals surface area contributed by atoms with E-state index in [9.17, 15) is 4.39 Å². The number of aryl methyl sites for hydroxylation is 1. The Morgan fingerprint density at radius 2 is 2.08 bits per heavy atom. The summed E-state index contributed by atoms with van der Waals surface area (Å²) in [6, 6.07) is 12.7. The van der Waals surface area contributed by atoms with Crippen LogP contribution in [0.25, 0.3) is 0 Å². The molecule has 0 bridgehead atoms. The minimum atomic E-state index is -0.264. The van der Waals surface area contributed by atoms with Gasteiger partial charge in [0.25, 0.3) is 11.1 Å². The van der Waals surface area contributed by atoms with Crippen LogP contribution in [-0.2, 0) is 12.4 Å². The number of benzene rings is 2.